The maximum absolute atomic E-state index is 12.5. The monoisotopic (exact) mass is 402 g/mol. The Morgan fingerprint density at radius 1 is 1.00 bits per heavy atom. The lowest BCUT2D eigenvalue weighted by Crippen LogP contribution is -2.46. The number of hydrogen-bond donors (Lipinski definition) is 2. The van der Waals surface area contributed by atoms with E-state index in [1.807, 2.05) is 48.7 Å². The van der Waals surface area contributed by atoms with Gasteiger partial charge in [-0.1, -0.05) is 36.4 Å². The lowest BCUT2D eigenvalue weighted by molar-refractivity contribution is 0.102. The molecule has 1 aliphatic heterocycles. The molecular formula is C23H26N6O. The Labute approximate surface area is 176 Å². The van der Waals surface area contributed by atoms with Crippen molar-refractivity contribution in [1.82, 2.24) is 24.8 Å². The summed E-state index contributed by atoms with van der Waals surface area (Å²) in [6, 6.07) is 14.5. The van der Waals surface area contributed by atoms with Gasteiger partial charge in [-0.05, 0) is 24.5 Å². The molecular weight excluding hydrogens is 376 g/mol. The van der Waals surface area contributed by atoms with Crippen LogP contribution in [-0.2, 0) is 6.54 Å². The van der Waals surface area contributed by atoms with Crippen molar-refractivity contribution in [3.63, 3.8) is 0 Å². The van der Waals surface area contributed by atoms with Crippen molar-refractivity contribution in [3.8, 4) is 11.4 Å². The SMILES string of the molecule is O=C(Nc1ccc(CN2CCN(C3CC3)CC2)cn1)c1cnc(-c2ccccc2)[nH]1. The van der Waals surface area contributed by atoms with E-state index < -0.39 is 0 Å². The van der Waals surface area contributed by atoms with E-state index in [1.54, 1.807) is 6.20 Å². The molecule has 2 aromatic heterocycles. The second-order valence-corrected chi connectivity index (χ2v) is 8.06. The van der Waals surface area contributed by atoms with Gasteiger partial charge in [0.25, 0.3) is 5.91 Å². The number of piperazine rings is 1. The first-order chi connectivity index (χ1) is 14.7. The fourth-order valence-corrected chi connectivity index (χ4v) is 3.94. The van der Waals surface area contributed by atoms with E-state index in [0.29, 0.717) is 17.3 Å². The van der Waals surface area contributed by atoms with Gasteiger partial charge >= 0.3 is 0 Å². The molecule has 1 amide bonds. The minimum absolute atomic E-state index is 0.249. The van der Waals surface area contributed by atoms with Crippen molar-refractivity contribution in [2.24, 2.45) is 0 Å². The highest BCUT2D eigenvalue weighted by atomic mass is 16.2. The molecule has 0 spiro atoms. The van der Waals surface area contributed by atoms with Crippen LogP contribution in [0.3, 0.4) is 0 Å². The molecule has 154 valence electrons. The molecule has 1 aliphatic carbocycles. The van der Waals surface area contributed by atoms with E-state index in [4.69, 9.17) is 0 Å². The zero-order valence-corrected chi connectivity index (χ0v) is 16.9. The third kappa shape index (κ3) is 4.42. The van der Waals surface area contributed by atoms with Crippen LogP contribution in [0.4, 0.5) is 5.82 Å². The highest BCUT2D eigenvalue weighted by Gasteiger charge is 2.31. The zero-order valence-electron chi connectivity index (χ0n) is 16.9. The average molecular weight is 403 g/mol. The fraction of sp³-hybridized carbons (Fsp3) is 0.348. The lowest BCUT2D eigenvalue weighted by Gasteiger charge is -2.34. The molecule has 0 bridgehead atoms. The van der Waals surface area contributed by atoms with Crippen LogP contribution in [0.25, 0.3) is 11.4 Å². The quantitative estimate of drug-likeness (QED) is 0.663. The zero-order chi connectivity index (χ0) is 20.3. The van der Waals surface area contributed by atoms with Gasteiger partial charge in [0.1, 0.15) is 17.3 Å². The first-order valence-electron chi connectivity index (χ1n) is 10.6. The molecule has 3 heterocycles. The second kappa shape index (κ2) is 8.38. The Bertz CT molecular complexity index is 988. The topological polar surface area (TPSA) is 77.2 Å². The number of nitrogens with one attached hydrogen (secondary N) is 2. The van der Waals surface area contributed by atoms with Crippen LogP contribution in [0.5, 0.6) is 0 Å². The van der Waals surface area contributed by atoms with E-state index in [-0.39, 0.29) is 5.91 Å². The van der Waals surface area contributed by atoms with Crippen LogP contribution in [0.15, 0.2) is 54.9 Å². The van der Waals surface area contributed by atoms with Crippen LogP contribution < -0.4 is 5.32 Å². The molecule has 1 aromatic carbocycles. The predicted molar refractivity (Wildman–Crippen MR) is 116 cm³/mol. The number of nitrogens with zero attached hydrogens (tertiary/aromatic N) is 4. The Kier molecular flexibility index (Phi) is 5.29. The first-order valence-corrected chi connectivity index (χ1v) is 10.6. The van der Waals surface area contributed by atoms with Crippen molar-refractivity contribution in [2.75, 3.05) is 31.5 Å². The maximum Gasteiger partial charge on any atom is 0.274 e. The van der Waals surface area contributed by atoms with Gasteiger partial charge in [0.2, 0.25) is 0 Å². The molecule has 7 heteroatoms. The standard InChI is InChI=1S/C23H26N6O/c30-23(20-15-25-22(26-20)18-4-2-1-3-5-18)27-21-9-6-17(14-24-21)16-28-10-12-29(13-11-28)19-7-8-19/h1-6,9,14-15,19H,7-8,10-13,16H2,(H,25,26)(H,24,27,30). The fourth-order valence-electron chi connectivity index (χ4n) is 3.94. The normalized spacial score (nSPS) is 17.7. The highest BCUT2D eigenvalue weighted by molar-refractivity contribution is 6.02. The van der Waals surface area contributed by atoms with Crippen LogP contribution in [0, 0.1) is 0 Å². The largest absolute Gasteiger partial charge is 0.334 e. The van der Waals surface area contributed by atoms with Crippen molar-refractivity contribution in [3.05, 3.63) is 66.1 Å². The van der Waals surface area contributed by atoms with Gasteiger partial charge in [0, 0.05) is 50.5 Å². The molecule has 2 N–H and O–H groups in total. The van der Waals surface area contributed by atoms with Gasteiger partial charge < -0.3 is 10.3 Å². The molecule has 7 nitrogen and oxygen atoms in total. The van der Waals surface area contributed by atoms with E-state index >= 15 is 0 Å². The molecule has 2 aliphatic rings. The number of aromatic nitrogens is 3. The minimum Gasteiger partial charge on any atom is -0.334 e. The molecule has 0 radical (unpaired) electrons. The Morgan fingerprint density at radius 2 is 1.80 bits per heavy atom. The number of aromatic amines is 1. The molecule has 0 unspecified atom stereocenters. The van der Waals surface area contributed by atoms with Crippen LogP contribution in [0.2, 0.25) is 0 Å². The van der Waals surface area contributed by atoms with E-state index in [9.17, 15) is 4.79 Å². The second-order valence-electron chi connectivity index (χ2n) is 8.06. The van der Waals surface area contributed by atoms with Crippen LogP contribution in [-0.4, -0.2) is 62.9 Å². The van der Waals surface area contributed by atoms with Crippen molar-refractivity contribution < 1.29 is 4.79 Å². The lowest BCUT2D eigenvalue weighted by atomic mass is 10.2. The smallest absolute Gasteiger partial charge is 0.274 e. The van der Waals surface area contributed by atoms with Crippen molar-refractivity contribution >= 4 is 11.7 Å². The van der Waals surface area contributed by atoms with Crippen molar-refractivity contribution in [1.29, 1.82) is 0 Å². The third-order valence-corrected chi connectivity index (χ3v) is 5.81. The number of carbonyl (C=O) groups excluding carboxylic acids is 1. The summed E-state index contributed by atoms with van der Waals surface area (Å²) in [7, 11) is 0. The Hall–Kier alpha value is -3.03. The number of amides is 1. The predicted octanol–water partition coefficient (Wildman–Crippen LogP) is 3.00. The van der Waals surface area contributed by atoms with Gasteiger partial charge in [-0.3, -0.25) is 14.6 Å². The number of anilines is 1. The van der Waals surface area contributed by atoms with E-state index in [2.05, 4.69) is 30.1 Å². The molecule has 0 atom stereocenters. The molecule has 5 rings (SSSR count). The van der Waals surface area contributed by atoms with E-state index in [0.717, 1.165) is 31.2 Å². The summed E-state index contributed by atoms with van der Waals surface area (Å²) in [5.41, 5.74) is 2.52. The average Bonchev–Trinajstić information content (AvgIpc) is 3.52. The summed E-state index contributed by atoms with van der Waals surface area (Å²) in [5, 5.41) is 2.84. The summed E-state index contributed by atoms with van der Waals surface area (Å²) >= 11 is 0. The number of carbonyl (C=O) groups is 1. The minimum atomic E-state index is -0.249. The number of benzene rings is 1. The first kappa shape index (κ1) is 19.0. The number of imidazole rings is 1. The Morgan fingerprint density at radius 3 is 2.50 bits per heavy atom. The van der Waals surface area contributed by atoms with Crippen LogP contribution in [0.1, 0.15) is 28.9 Å². The molecule has 3 aromatic rings. The number of rotatable bonds is 6. The van der Waals surface area contributed by atoms with Crippen LogP contribution >= 0.6 is 0 Å². The van der Waals surface area contributed by atoms with Gasteiger partial charge in [0.15, 0.2) is 0 Å². The van der Waals surface area contributed by atoms with Gasteiger partial charge in [0.05, 0.1) is 6.20 Å². The van der Waals surface area contributed by atoms with Gasteiger partial charge in [-0.15, -0.1) is 0 Å². The van der Waals surface area contributed by atoms with Crippen molar-refractivity contribution in [2.45, 2.75) is 25.4 Å². The van der Waals surface area contributed by atoms with Gasteiger partial charge in [-0.2, -0.15) is 0 Å². The summed E-state index contributed by atoms with van der Waals surface area (Å²) in [5.74, 6) is 0.963. The molecule has 30 heavy (non-hydrogen) atoms. The third-order valence-electron chi connectivity index (χ3n) is 5.81. The number of H-pyrrole nitrogens is 1. The Balaban J connectivity index is 1.15. The summed E-state index contributed by atoms with van der Waals surface area (Å²) in [6.07, 6.45) is 6.16. The summed E-state index contributed by atoms with van der Waals surface area (Å²) in [6.45, 7) is 5.46. The van der Waals surface area contributed by atoms with Gasteiger partial charge in [-0.25, -0.2) is 9.97 Å². The molecule has 2 fully saturated rings. The van der Waals surface area contributed by atoms with E-state index in [1.165, 1.54) is 31.5 Å². The maximum atomic E-state index is 12.5. The molecule has 1 saturated heterocycles. The summed E-state index contributed by atoms with van der Waals surface area (Å²) in [4.78, 5) is 29.4. The molecule has 1 saturated carbocycles. The number of pyridine rings is 1. The number of hydrogen-bond acceptors (Lipinski definition) is 5. The highest BCUT2D eigenvalue weighted by Crippen LogP contribution is 2.27. The summed E-state index contributed by atoms with van der Waals surface area (Å²) < 4.78 is 0.